The molecule has 0 saturated carbocycles. The zero-order valence-corrected chi connectivity index (χ0v) is 13.5. The first-order valence-electron chi connectivity index (χ1n) is 7.14. The summed E-state index contributed by atoms with van der Waals surface area (Å²) in [4.78, 5) is 0. The van der Waals surface area contributed by atoms with Gasteiger partial charge in [0, 0.05) is 5.56 Å². The summed E-state index contributed by atoms with van der Waals surface area (Å²) < 4.78 is 0. The molecule has 0 aromatic heterocycles. The molecule has 0 amide bonds. The lowest BCUT2D eigenvalue weighted by Crippen LogP contribution is -2.13. The summed E-state index contributed by atoms with van der Waals surface area (Å²) in [5.41, 5.74) is 2.78. The second-order valence-corrected chi connectivity index (χ2v) is 6.62. The maximum Gasteiger partial charge on any atom is 0.201 e. The molecule has 0 radical (unpaired) electrons. The van der Waals surface area contributed by atoms with Crippen LogP contribution in [-0.4, -0.2) is 20.4 Å². The Labute approximate surface area is 130 Å². The maximum atomic E-state index is 10.3. The fourth-order valence-electron chi connectivity index (χ4n) is 2.79. The van der Waals surface area contributed by atoms with Gasteiger partial charge in [-0.05, 0) is 36.0 Å². The number of hydrogen-bond acceptors (Lipinski definition) is 4. The molecule has 2 aromatic rings. The van der Waals surface area contributed by atoms with Crippen LogP contribution < -0.4 is 0 Å². The van der Waals surface area contributed by atoms with Crippen LogP contribution >= 0.6 is 0 Å². The van der Waals surface area contributed by atoms with E-state index in [-0.39, 0.29) is 22.3 Å². The van der Waals surface area contributed by atoms with Crippen LogP contribution in [0.15, 0.2) is 18.2 Å². The standard InChI is InChI=1S/C18H22O4/c1-9-11(7-6-8-12(9)18(3,4)5)13-14(19)10(2)15(20)17(22)16(13)21/h6-8,19-22H,1-5H3. The van der Waals surface area contributed by atoms with E-state index in [2.05, 4.69) is 20.8 Å². The minimum absolute atomic E-state index is 0.0979. The Morgan fingerprint density at radius 1 is 0.727 bits per heavy atom. The van der Waals surface area contributed by atoms with E-state index in [4.69, 9.17) is 0 Å². The summed E-state index contributed by atoms with van der Waals surface area (Å²) in [6.07, 6.45) is 0. The fraction of sp³-hybridized carbons (Fsp3) is 0.333. The molecule has 0 heterocycles. The lowest BCUT2D eigenvalue weighted by Gasteiger charge is -2.24. The molecule has 0 atom stereocenters. The van der Waals surface area contributed by atoms with Crippen molar-refractivity contribution in [3.8, 4) is 34.1 Å². The van der Waals surface area contributed by atoms with Gasteiger partial charge in [0.05, 0.1) is 5.56 Å². The number of phenols is 4. The summed E-state index contributed by atoms with van der Waals surface area (Å²) in [5.74, 6) is -1.88. The van der Waals surface area contributed by atoms with Crippen LogP contribution in [0.2, 0.25) is 0 Å². The molecule has 4 nitrogen and oxygen atoms in total. The summed E-state index contributed by atoms with van der Waals surface area (Å²) in [6, 6.07) is 5.62. The lowest BCUT2D eigenvalue weighted by atomic mass is 9.81. The van der Waals surface area contributed by atoms with E-state index >= 15 is 0 Å². The third-order valence-electron chi connectivity index (χ3n) is 4.04. The summed E-state index contributed by atoms with van der Waals surface area (Å²) >= 11 is 0. The topological polar surface area (TPSA) is 80.9 Å². The first kappa shape index (κ1) is 16.0. The molecular weight excluding hydrogens is 280 g/mol. The first-order chi connectivity index (χ1) is 10.1. The molecule has 4 N–H and O–H groups in total. The minimum atomic E-state index is -0.620. The van der Waals surface area contributed by atoms with Crippen molar-refractivity contribution in [2.24, 2.45) is 0 Å². The summed E-state index contributed by atoms with van der Waals surface area (Å²) in [5, 5.41) is 40.1. The Morgan fingerprint density at radius 3 is 1.86 bits per heavy atom. The van der Waals surface area contributed by atoms with Gasteiger partial charge in [0.2, 0.25) is 5.75 Å². The third kappa shape index (κ3) is 2.34. The van der Waals surface area contributed by atoms with E-state index in [1.165, 1.54) is 6.92 Å². The SMILES string of the molecule is Cc1c(-c2c(O)c(C)c(O)c(O)c2O)cccc1C(C)(C)C. The minimum Gasteiger partial charge on any atom is -0.507 e. The fourth-order valence-corrected chi connectivity index (χ4v) is 2.79. The van der Waals surface area contributed by atoms with Crippen LogP contribution in [0.5, 0.6) is 23.0 Å². The number of aromatic hydroxyl groups is 4. The van der Waals surface area contributed by atoms with Gasteiger partial charge in [0.25, 0.3) is 0 Å². The first-order valence-corrected chi connectivity index (χ1v) is 7.14. The van der Waals surface area contributed by atoms with Gasteiger partial charge < -0.3 is 20.4 Å². The third-order valence-corrected chi connectivity index (χ3v) is 4.04. The quantitative estimate of drug-likeness (QED) is 0.472. The van der Waals surface area contributed by atoms with E-state index in [1.54, 1.807) is 6.07 Å². The van der Waals surface area contributed by atoms with Crippen LogP contribution in [-0.2, 0) is 5.41 Å². The molecule has 0 saturated heterocycles. The van der Waals surface area contributed by atoms with Crippen molar-refractivity contribution in [2.45, 2.75) is 40.0 Å². The van der Waals surface area contributed by atoms with Crippen molar-refractivity contribution in [1.82, 2.24) is 0 Å². The number of benzene rings is 2. The van der Waals surface area contributed by atoms with Crippen molar-refractivity contribution in [3.63, 3.8) is 0 Å². The van der Waals surface area contributed by atoms with Gasteiger partial charge >= 0.3 is 0 Å². The second-order valence-electron chi connectivity index (χ2n) is 6.62. The molecule has 0 aliphatic carbocycles. The zero-order valence-electron chi connectivity index (χ0n) is 13.5. The molecule has 0 unspecified atom stereocenters. The highest BCUT2D eigenvalue weighted by Crippen LogP contribution is 2.51. The van der Waals surface area contributed by atoms with Crippen molar-refractivity contribution in [1.29, 1.82) is 0 Å². The van der Waals surface area contributed by atoms with Gasteiger partial charge in [-0.2, -0.15) is 0 Å². The molecule has 22 heavy (non-hydrogen) atoms. The highest BCUT2D eigenvalue weighted by molar-refractivity contribution is 5.85. The van der Waals surface area contributed by atoms with Crippen molar-refractivity contribution in [2.75, 3.05) is 0 Å². The molecule has 0 aliphatic heterocycles. The van der Waals surface area contributed by atoms with E-state index in [0.29, 0.717) is 5.56 Å². The van der Waals surface area contributed by atoms with Crippen LogP contribution in [0, 0.1) is 13.8 Å². The zero-order chi connectivity index (χ0) is 16.8. The molecule has 0 fully saturated rings. The number of rotatable bonds is 1. The van der Waals surface area contributed by atoms with Gasteiger partial charge in [0.1, 0.15) is 5.75 Å². The Morgan fingerprint density at radius 2 is 1.32 bits per heavy atom. The van der Waals surface area contributed by atoms with Gasteiger partial charge in [-0.25, -0.2) is 0 Å². The van der Waals surface area contributed by atoms with Crippen LogP contribution in [0.25, 0.3) is 11.1 Å². The average molecular weight is 302 g/mol. The average Bonchev–Trinajstić information content (AvgIpc) is 2.43. The molecule has 118 valence electrons. The van der Waals surface area contributed by atoms with Gasteiger partial charge in [0.15, 0.2) is 11.5 Å². The second kappa shape index (κ2) is 5.13. The van der Waals surface area contributed by atoms with E-state index < -0.39 is 17.2 Å². The van der Waals surface area contributed by atoms with Gasteiger partial charge in [-0.15, -0.1) is 0 Å². The van der Waals surface area contributed by atoms with Crippen LogP contribution in [0.4, 0.5) is 0 Å². The van der Waals surface area contributed by atoms with Crippen molar-refractivity contribution in [3.05, 3.63) is 34.9 Å². The van der Waals surface area contributed by atoms with E-state index in [1.807, 2.05) is 19.1 Å². The predicted molar refractivity (Wildman–Crippen MR) is 86.7 cm³/mol. The van der Waals surface area contributed by atoms with Crippen LogP contribution in [0.3, 0.4) is 0 Å². The largest absolute Gasteiger partial charge is 0.507 e. The monoisotopic (exact) mass is 302 g/mol. The molecule has 2 aromatic carbocycles. The smallest absolute Gasteiger partial charge is 0.201 e. The Kier molecular flexibility index (Phi) is 3.73. The Balaban J connectivity index is 2.85. The van der Waals surface area contributed by atoms with Crippen LogP contribution in [0.1, 0.15) is 37.5 Å². The van der Waals surface area contributed by atoms with Crippen molar-refractivity contribution < 1.29 is 20.4 Å². The number of hydrogen-bond donors (Lipinski definition) is 4. The normalized spacial score (nSPS) is 11.7. The summed E-state index contributed by atoms with van der Waals surface area (Å²) in [6.45, 7) is 9.64. The Bertz CT molecular complexity index is 711. The summed E-state index contributed by atoms with van der Waals surface area (Å²) in [7, 11) is 0. The molecule has 4 heteroatoms. The molecule has 0 bridgehead atoms. The highest BCUT2D eigenvalue weighted by Gasteiger charge is 2.25. The number of phenolic OH excluding ortho intramolecular Hbond substituents is 4. The molecule has 2 rings (SSSR count). The molecular formula is C18H22O4. The molecule has 0 aliphatic rings. The van der Waals surface area contributed by atoms with E-state index in [9.17, 15) is 20.4 Å². The highest BCUT2D eigenvalue weighted by atomic mass is 16.3. The lowest BCUT2D eigenvalue weighted by molar-refractivity contribution is 0.360. The van der Waals surface area contributed by atoms with Gasteiger partial charge in [-0.1, -0.05) is 39.0 Å². The Hall–Kier alpha value is -2.36. The maximum absolute atomic E-state index is 10.3. The molecule has 0 spiro atoms. The van der Waals surface area contributed by atoms with E-state index in [0.717, 1.165) is 11.1 Å². The van der Waals surface area contributed by atoms with Crippen molar-refractivity contribution >= 4 is 0 Å². The van der Waals surface area contributed by atoms with Gasteiger partial charge in [-0.3, -0.25) is 0 Å². The predicted octanol–water partition coefficient (Wildman–Crippen LogP) is 4.09.